The van der Waals surface area contributed by atoms with E-state index in [2.05, 4.69) is 48.6 Å². The molecule has 0 amide bonds. The maximum atomic E-state index is 5.98. The Balaban J connectivity index is 1.79. The lowest BCUT2D eigenvalue weighted by atomic mass is 10.1. The van der Waals surface area contributed by atoms with E-state index >= 15 is 0 Å². The molecule has 0 saturated heterocycles. The van der Waals surface area contributed by atoms with E-state index in [0.717, 1.165) is 24.4 Å². The molecular weight excluding hydrogens is 298 g/mol. The van der Waals surface area contributed by atoms with E-state index < -0.39 is 0 Å². The van der Waals surface area contributed by atoms with Crippen molar-refractivity contribution in [2.45, 2.75) is 36.0 Å². The quantitative estimate of drug-likeness (QED) is 0.823. The topological polar surface area (TPSA) is 12.0 Å². The van der Waals surface area contributed by atoms with E-state index in [0.29, 0.717) is 11.3 Å². The number of hydrogen-bond donors (Lipinski definition) is 1. The Morgan fingerprint density at radius 1 is 1.14 bits per heavy atom. The van der Waals surface area contributed by atoms with Crippen LogP contribution in [0.4, 0.5) is 0 Å². The average Bonchev–Trinajstić information content (AvgIpc) is 2.85. The number of halogens is 1. The van der Waals surface area contributed by atoms with Gasteiger partial charge in [0.1, 0.15) is 0 Å². The Morgan fingerprint density at radius 2 is 1.90 bits per heavy atom. The van der Waals surface area contributed by atoms with E-state index in [9.17, 15) is 0 Å². The molecule has 3 rings (SSSR count). The molecule has 0 aromatic heterocycles. The van der Waals surface area contributed by atoms with E-state index in [-0.39, 0.29) is 0 Å². The summed E-state index contributed by atoms with van der Waals surface area (Å²) in [5.41, 5.74) is 2.95. The minimum atomic E-state index is 0.446. The number of rotatable bonds is 5. The van der Waals surface area contributed by atoms with Crippen molar-refractivity contribution in [1.82, 2.24) is 5.32 Å². The monoisotopic (exact) mass is 317 g/mol. The minimum absolute atomic E-state index is 0.446. The SMILES string of the molecule is CCCNC1c2ccccc2CC1Sc1ccc(Cl)cc1. The average molecular weight is 318 g/mol. The first-order chi connectivity index (χ1) is 10.3. The van der Waals surface area contributed by atoms with Crippen LogP contribution in [0, 0.1) is 0 Å². The molecule has 1 nitrogen and oxygen atoms in total. The molecule has 2 aromatic rings. The summed E-state index contributed by atoms with van der Waals surface area (Å²) in [7, 11) is 0. The molecule has 0 bridgehead atoms. The van der Waals surface area contributed by atoms with Gasteiger partial charge in [0, 0.05) is 21.2 Å². The van der Waals surface area contributed by atoms with E-state index in [1.807, 2.05) is 23.9 Å². The maximum Gasteiger partial charge on any atom is 0.0450 e. The highest BCUT2D eigenvalue weighted by atomic mass is 35.5. The molecule has 0 aliphatic heterocycles. The van der Waals surface area contributed by atoms with Gasteiger partial charge in [0.25, 0.3) is 0 Å². The Hall–Kier alpha value is -0.960. The number of benzene rings is 2. The predicted octanol–water partition coefficient (Wildman–Crippen LogP) is 5.10. The zero-order valence-corrected chi connectivity index (χ0v) is 13.8. The van der Waals surface area contributed by atoms with Crippen molar-refractivity contribution in [3.8, 4) is 0 Å². The molecule has 1 aliphatic rings. The molecule has 0 spiro atoms. The van der Waals surface area contributed by atoms with Crippen LogP contribution < -0.4 is 5.32 Å². The van der Waals surface area contributed by atoms with Crippen LogP contribution in [0.15, 0.2) is 53.4 Å². The van der Waals surface area contributed by atoms with Crippen LogP contribution in [-0.4, -0.2) is 11.8 Å². The van der Waals surface area contributed by atoms with Gasteiger partial charge in [-0.25, -0.2) is 0 Å². The first-order valence-electron chi connectivity index (χ1n) is 7.51. The highest BCUT2D eigenvalue weighted by Crippen LogP contribution is 2.41. The lowest BCUT2D eigenvalue weighted by molar-refractivity contribution is 0.539. The van der Waals surface area contributed by atoms with Gasteiger partial charge >= 0.3 is 0 Å². The van der Waals surface area contributed by atoms with E-state index in [1.54, 1.807) is 0 Å². The fraction of sp³-hybridized carbons (Fsp3) is 0.333. The molecule has 110 valence electrons. The third kappa shape index (κ3) is 3.45. The third-order valence-electron chi connectivity index (χ3n) is 3.90. The van der Waals surface area contributed by atoms with Gasteiger partial charge in [0.05, 0.1) is 0 Å². The van der Waals surface area contributed by atoms with Crippen molar-refractivity contribution in [2.75, 3.05) is 6.54 Å². The first kappa shape index (κ1) is 15.0. The molecule has 2 unspecified atom stereocenters. The van der Waals surface area contributed by atoms with Gasteiger partial charge in [0.15, 0.2) is 0 Å². The molecule has 3 heteroatoms. The molecule has 2 atom stereocenters. The smallest absolute Gasteiger partial charge is 0.0450 e. The molecule has 2 aromatic carbocycles. The highest BCUT2D eigenvalue weighted by Gasteiger charge is 2.32. The summed E-state index contributed by atoms with van der Waals surface area (Å²) in [5, 5.41) is 5.07. The Labute approximate surface area is 136 Å². The second kappa shape index (κ2) is 6.87. The second-order valence-corrected chi connectivity index (χ2v) is 7.19. The third-order valence-corrected chi connectivity index (χ3v) is 5.44. The molecular formula is C18H20ClNS. The van der Waals surface area contributed by atoms with E-state index in [4.69, 9.17) is 11.6 Å². The van der Waals surface area contributed by atoms with Crippen molar-refractivity contribution in [3.63, 3.8) is 0 Å². The fourth-order valence-corrected chi connectivity index (χ4v) is 4.31. The highest BCUT2D eigenvalue weighted by molar-refractivity contribution is 8.00. The fourth-order valence-electron chi connectivity index (χ4n) is 2.90. The Kier molecular flexibility index (Phi) is 4.89. The minimum Gasteiger partial charge on any atom is -0.309 e. The van der Waals surface area contributed by atoms with Crippen LogP contribution in [0.2, 0.25) is 5.02 Å². The number of fused-ring (bicyclic) bond motifs is 1. The van der Waals surface area contributed by atoms with Crippen LogP contribution in [0.5, 0.6) is 0 Å². The summed E-state index contributed by atoms with van der Waals surface area (Å²) in [6.45, 7) is 3.28. The largest absolute Gasteiger partial charge is 0.309 e. The van der Waals surface area contributed by atoms with Crippen molar-refractivity contribution < 1.29 is 0 Å². The predicted molar refractivity (Wildman–Crippen MR) is 92.3 cm³/mol. The summed E-state index contributed by atoms with van der Waals surface area (Å²) < 4.78 is 0. The molecule has 0 saturated carbocycles. The molecule has 21 heavy (non-hydrogen) atoms. The van der Waals surface area contributed by atoms with Crippen molar-refractivity contribution >= 4 is 23.4 Å². The number of hydrogen-bond acceptors (Lipinski definition) is 2. The normalized spacial score (nSPS) is 20.5. The summed E-state index contributed by atoms with van der Waals surface area (Å²) in [6, 6.07) is 17.5. The molecule has 0 fully saturated rings. The van der Waals surface area contributed by atoms with Crippen LogP contribution in [-0.2, 0) is 6.42 Å². The zero-order valence-electron chi connectivity index (χ0n) is 12.2. The molecule has 0 radical (unpaired) electrons. The number of nitrogens with one attached hydrogen (secondary N) is 1. The lowest BCUT2D eigenvalue weighted by Crippen LogP contribution is -2.27. The summed E-state index contributed by atoms with van der Waals surface area (Å²) in [6.07, 6.45) is 2.29. The van der Waals surface area contributed by atoms with E-state index in [1.165, 1.54) is 16.0 Å². The second-order valence-electron chi connectivity index (χ2n) is 5.44. The van der Waals surface area contributed by atoms with Crippen LogP contribution in [0.25, 0.3) is 0 Å². The van der Waals surface area contributed by atoms with Crippen LogP contribution in [0.3, 0.4) is 0 Å². The summed E-state index contributed by atoms with van der Waals surface area (Å²) in [5.74, 6) is 0. The Morgan fingerprint density at radius 3 is 2.67 bits per heavy atom. The van der Waals surface area contributed by atoms with Gasteiger partial charge in [-0.2, -0.15) is 0 Å². The van der Waals surface area contributed by atoms with Gasteiger partial charge in [-0.3, -0.25) is 0 Å². The summed E-state index contributed by atoms with van der Waals surface area (Å²) in [4.78, 5) is 1.29. The van der Waals surface area contributed by atoms with Crippen molar-refractivity contribution in [2.24, 2.45) is 0 Å². The van der Waals surface area contributed by atoms with Gasteiger partial charge in [-0.15, -0.1) is 11.8 Å². The van der Waals surface area contributed by atoms with Crippen LogP contribution in [0.1, 0.15) is 30.5 Å². The molecule has 0 heterocycles. The number of thioether (sulfide) groups is 1. The molecule has 1 N–H and O–H groups in total. The first-order valence-corrected chi connectivity index (χ1v) is 8.77. The zero-order chi connectivity index (χ0) is 14.7. The summed E-state index contributed by atoms with van der Waals surface area (Å²) >= 11 is 7.93. The van der Waals surface area contributed by atoms with Crippen molar-refractivity contribution in [1.29, 1.82) is 0 Å². The molecule has 1 aliphatic carbocycles. The Bertz CT molecular complexity index is 596. The van der Waals surface area contributed by atoms with Gasteiger partial charge in [-0.05, 0) is 54.8 Å². The van der Waals surface area contributed by atoms with Gasteiger partial charge in [0.2, 0.25) is 0 Å². The standard InChI is InChI=1S/C18H20ClNS/c1-2-11-20-18-16-6-4-3-5-13(16)12-17(18)21-15-9-7-14(19)8-10-15/h3-10,17-18,20H,2,11-12H2,1H3. The lowest BCUT2D eigenvalue weighted by Gasteiger charge is -2.21. The van der Waals surface area contributed by atoms with Gasteiger partial charge < -0.3 is 5.32 Å². The van der Waals surface area contributed by atoms with Crippen molar-refractivity contribution in [3.05, 3.63) is 64.7 Å². The maximum absolute atomic E-state index is 5.98. The van der Waals surface area contributed by atoms with Gasteiger partial charge in [-0.1, -0.05) is 42.8 Å². The van der Waals surface area contributed by atoms with Crippen LogP contribution >= 0.6 is 23.4 Å².